The Hall–Kier alpha value is -3.23. The normalized spacial score (nSPS) is 11.5. The minimum absolute atomic E-state index is 0.0567. The van der Waals surface area contributed by atoms with Crippen molar-refractivity contribution in [1.82, 2.24) is 9.97 Å². The molecule has 9 heteroatoms. The summed E-state index contributed by atoms with van der Waals surface area (Å²) in [4.78, 5) is 17.6. The molecule has 1 heterocycles. The Kier molecular flexibility index (Phi) is 4.45. The van der Waals surface area contributed by atoms with Gasteiger partial charge in [0.1, 0.15) is 11.6 Å². The van der Waals surface area contributed by atoms with E-state index in [0.717, 1.165) is 18.2 Å². The number of anilines is 2. The van der Waals surface area contributed by atoms with Crippen LogP contribution in [-0.4, -0.2) is 21.0 Å². The summed E-state index contributed by atoms with van der Waals surface area (Å²) in [5.41, 5.74) is 0.841. The first-order chi connectivity index (χ1) is 12.2. The van der Waals surface area contributed by atoms with Crippen LogP contribution in [-0.2, 0) is 17.4 Å². The summed E-state index contributed by atoms with van der Waals surface area (Å²) in [6, 6.07) is 9.23. The third-order valence-corrected chi connectivity index (χ3v) is 3.48. The number of nitrogens with zero attached hydrogens (tertiary/aromatic N) is 2. The molecule has 0 aliphatic carbocycles. The van der Waals surface area contributed by atoms with E-state index in [2.05, 4.69) is 15.3 Å². The lowest BCUT2D eigenvalue weighted by molar-refractivity contribution is -0.144. The molecule has 0 saturated carbocycles. The van der Waals surface area contributed by atoms with Gasteiger partial charge in [-0.1, -0.05) is 12.1 Å². The number of benzene rings is 2. The number of aromatic nitrogens is 2. The third kappa shape index (κ3) is 3.88. The number of hydrogen-bond acceptors (Lipinski definition) is 4. The first kappa shape index (κ1) is 17.6. The van der Waals surface area contributed by atoms with E-state index in [4.69, 9.17) is 5.11 Å². The third-order valence-electron chi connectivity index (χ3n) is 3.48. The molecule has 0 fully saturated rings. The van der Waals surface area contributed by atoms with E-state index < -0.39 is 23.8 Å². The second-order valence-corrected chi connectivity index (χ2v) is 5.45. The largest absolute Gasteiger partial charge is 0.481 e. The SMILES string of the molecule is O=C(O)Cc1ccc(Nc2nc(C(F)(F)F)nc3ccc(F)cc23)cc1. The van der Waals surface area contributed by atoms with Crippen molar-refractivity contribution in [2.45, 2.75) is 12.6 Å². The predicted molar refractivity (Wildman–Crippen MR) is 85.6 cm³/mol. The van der Waals surface area contributed by atoms with Crippen LogP contribution in [0.15, 0.2) is 42.5 Å². The molecule has 26 heavy (non-hydrogen) atoms. The number of rotatable bonds is 4. The van der Waals surface area contributed by atoms with Gasteiger partial charge in [-0.05, 0) is 35.9 Å². The van der Waals surface area contributed by atoms with Crippen LogP contribution in [0.25, 0.3) is 10.9 Å². The first-order valence-corrected chi connectivity index (χ1v) is 7.34. The van der Waals surface area contributed by atoms with Gasteiger partial charge in [-0.3, -0.25) is 4.79 Å². The van der Waals surface area contributed by atoms with E-state index in [1.807, 2.05) is 0 Å². The number of halogens is 4. The Morgan fingerprint density at radius 3 is 2.38 bits per heavy atom. The summed E-state index contributed by atoms with van der Waals surface area (Å²) in [7, 11) is 0. The summed E-state index contributed by atoms with van der Waals surface area (Å²) in [6.45, 7) is 0. The number of fused-ring (bicyclic) bond motifs is 1. The second-order valence-electron chi connectivity index (χ2n) is 5.45. The molecule has 0 bridgehead atoms. The zero-order valence-electron chi connectivity index (χ0n) is 13.0. The van der Waals surface area contributed by atoms with E-state index >= 15 is 0 Å². The maximum absolute atomic E-state index is 13.5. The second kappa shape index (κ2) is 6.58. The fourth-order valence-electron chi connectivity index (χ4n) is 2.34. The van der Waals surface area contributed by atoms with Gasteiger partial charge in [-0.2, -0.15) is 13.2 Å². The van der Waals surface area contributed by atoms with Gasteiger partial charge in [0.2, 0.25) is 5.82 Å². The van der Waals surface area contributed by atoms with Crippen molar-refractivity contribution in [3.05, 3.63) is 59.7 Å². The van der Waals surface area contributed by atoms with E-state index in [0.29, 0.717) is 11.3 Å². The summed E-state index contributed by atoms with van der Waals surface area (Å²) < 4.78 is 52.5. The van der Waals surface area contributed by atoms with E-state index in [1.165, 1.54) is 24.3 Å². The average Bonchev–Trinajstić information content (AvgIpc) is 2.55. The standard InChI is InChI=1S/C17H11F4N3O2/c18-10-3-6-13-12(8-10)15(24-16(23-13)17(19,20)21)22-11-4-1-9(2-5-11)7-14(25)26/h1-6,8H,7H2,(H,25,26)(H,22,23,24). The fourth-order valence-corrected chi connectivity index (χ4v) is 2.34. The van der Waals surface area contributed by atoms with Gasteiger partial charge in [0.05, 0.1) is 11.9 Å². The number of hydrogen-bond donors (Lipinski definition) is 2. The Morgan fingerprint density at radius 1 is 1.08 bits per heavy atom. The van der Waals surface area contributed by atoms with Crippen molar-refractivity contribution in [3.63, 3.8) is 0 Å². The van der Waals surface area contributed by atoms with Crippen molar-refractivity contribution in [2.24, 2.45) is 0 Å². The van der Waals surface area contributed by atoms with Gasteiger partial charge in [-0.15, -0.1) is 0 Å². The highest BCUT2D eigenvalue weighted by Gasteiger charge is 2.35. The quantitative estimate of drug-likeness (QED) is 0.679. The average molecular weight is 365 g/mol. The Bertz CT molecular complexity index is 972. The lowest BCUT2D eigenvalue weighted by atomic mass is 10.1. The van der Waals surface area contributed by atoms with Crippen LogP contribution >= 0.6 is 0 Å². The molecule has 3 rings (SSSR count). The van der Waals surface area contributed by atoms with Crippen LogP contribution in [0.3, 0.4) is 0 Å². The maximum Gasteiger partial charge on any atom is 0.451 e. The maximum atomic E-state index is 13.5. The minimum Gasteiger partial charge on any atom is -0.481 e. The molecule has 0 unspecified atom stereocenters. The number of carboxylic acid groups (broad SMARTS) is 1. The molecule has 0 atom stereocenters. The Labute approximate surface area is 144 Å². The van der Waals surface area contributed by atoms with Gasteiger partial charge < -0.3 is 10.4 Å². The molecule has 0 radical (unpaired) electrons. The number of aliphatic carboxylic acids is 1. The van der Waals surface area contributed by atoms with E-state index in [9.17, 15) is 22.4 Å². The van der Waals surface area contributed by atoms with Crippen molar-refractivity contribution >= 4 is 28.4 Å². The number of alkyl halides is 3. The highest BCUT2D eigenvalue weighted by atomic mass is 19.4. The lowest BCUT2D eigenvalue weighted by Crippen LogP contribution is -2.12. The molecule has 2 aromatic carbocycles. The summed E-state index contributed by atoms with van der Waals surface area (Å²) in [5, 5.41) is 11.5. The Balaban J connectivity index is 2.02. The van der Waals surface area contributed by atoms with E-state index in [1.54, 1.807) is 0 Å². The number of carbonyl (C=O) groups is 1. The number of nitrogens with one attached hydrogen (secondary N) is 1. The van der Waals surface area contributed by atoms with Crippen LogP contribution in [0.2, 0.25) is 0 Å². The molecular formula is C17H11F4N3O2. The molecule has 0 aliphatic rings. The molecule has 5 nitrogen and oxygen atoms in total. The first-order valence-electron chi connectivity index (χ1n) is 7.34. The molecule has 3 aromatic rings. The van der Waals surface area contributed by atoms with Gasteiger partial charge in [-0.25, -0.2) is 14.4 Å². The summed E-state index contributed by atoms with van der Waals surface area (Å²) >= 11 is 0. The monoisotopic (exact) mass is 365 g/mol. The molecule has 0 aliphatic heterocycles. The van der Waals surface area contributed by atoms with Crippen molar-refractivity contribution in [2.75, 3.05) is 5.32 Å². The van der Waals surface area contributed by atoms with Crippen LogP contribution in [0, 0.1) is 5.82 Å². The van der Waals surface area contributed by atoms with Gasteiger partial charge in [0, 0.05) is 11.1 Å². The molecule has 2 N–H and O–H groups in total. The highest BCUT2D eigenvalue weighted by Crippen LogP contribution is 2.31. The lowest BCUT2D eigenvalue weighted by Gasteiger charge is -2.12. The van der Waals surface area contributed by atoms with E-state index in [-0.39, 0.29) is 23.1 Å². The van der Waals surface area contributed by atoms with Gasteiger partial charge >= 0.3 is 12.1 Å². The summed E-state index contributed by atoms with van der Waals surface area (Å²) in [5.74, 6) is -3.19. The fraction of sp³-hybridized carbons (Fsp3) is 0.118. The zero-order valence-corrected chi connectivity index (χ0v) is 13.0. The zero-order chi connectivity index (χ0) is 18.9. The van der Waals surface area contributed by atoms with Gasteiger partial charge in [0.25, 0.3) is 0 Å². The molecule has 0 amide bonds. The molecule has 0 spiro atoms. The van der Waals surface area contributed by atoms with Crippen LogP contribution < -0.4 is 5.32 Å². The molecule has 134 valence electrons. The minimum atomic E-state index is -4.76. The molecular weight excluding hydrogens is 354 g/mol. The summed E-state index contributed by atoms with van der Waals surface area (Å²) in [6.07, 6.45) is -4.94. The highest BCUT2D eigenvalue weighted by molar-refractivity contribution is 5.91. The topological polar surface area (TPSA) is 75.1 Å². The molecule has 0 saturated heterocycles. The number of carboxylic acids is 1. The van der Waals surface area contributed by atoms with Crippen molar-refractivity contribution in [1.29, 1.82) is 0 Å². The van der Waals surface area contributed by atoms with Gasteiger partial charge in [0.15, 0.2) is 0 Å². The van der Waals surface area contributed by atoms with Crippen LogP contribution in [0.4, 0.5) is 29.1 Å². The van der Waals surface area contributed by atoms with Crippen LogP contribution in [0.1, 0.15) is 11.4 Å². The van der Waals surface area contributed by atoms with Crippen molar-refractivity contribution < 1.29 is 27.5 Å². The van der Waals surface area contributed by atoms with Crippen molar-refractivity contribution in [3.8, 4) is 0 Å². The predicted octanol–water partition coefficient (Wildman–Crippen LogP) is 4.16. The smallest absolute Gasteiger partial charge is 0.451 e. The Morgan fingerprint density at radius 2 is 1.77 bits per heavy atom. The molecule has 1 aromatic heterocycles. The van der Waals surface area contributed by atoms with Crippen LogP contribution in [0.5, 0.6) is 0 Å².